The molecule has 0 N–H and O–H groups in total. The Morgan fingerprint density at radius 1 is 1.29 bits per heavy atom. The molecular weight excluding hydrogens is 193 g/mol. The average Bonchev–Trinajstić information content (AvgIpc) is 2.02. The number of alkyl halides is 3. The molecule has 0 unspecified atom stereocenters. The van der Waals surface area contributed by atoms with Gasteiger partial charge >= 0.3 is 6.36 Å². The minimum atomic E-state index is -4.61. The number of ether oxygens (including phenoxy) is 1. The minimum absolute atomic E-state index is 0.150. The summed E-state index contributed by atoms with van der Waals surface area (Å²) < 4.78 is 39.3. The van der Waals surface area contributed by atoms with Crippen molar-refractivity contribution in [3.8, 4) is 5.75 Å². The Labute approximate surface area is 80.5 Å². The first-order chi connectivity index (χ1) is 6.51. The molecule has 0 aliphatic carbocycles. The van der Waals surface area contributed by atoms with Crippen molar-refractivity contribution < 1.29 is 17.9 Å². The predicted molar refractivity (Wildman–Crippen MR) is 47.1 cm³/mol. The first-order valence-corrected chi connectivity index (χ1v) is 4.36. The van der Waals surface area contributed by atoms with E-state index in [1.807, 2.05) is 6.92 Å². The molecule has 1 aromatic rings. The van der Waals surface area contributed by atoms with Crippen LogP contribution in [-0.2, 0) is 6.42 Å². The van der Waals surface area contributed by atoms with E-state index in [4.69, 9.17) is 0 Å². The van der Waals surface area contributed by atoms with Crippen LogP contribution < -0.4 is 4.74 Å². The quantitative estimate of drug-likeness (QED) is 0.731. The fourth-order valence-corrected chi connectivity index (χ4v) is 1.19. The summed E-state index contributed by atoms with van der Waals surface area (Å²) in [5.41, 5.74) is 0.856. The minimum Gasteiger partial charge on any atom is -0.406 e. The summed E-state index contributed by atoms with van der Waals surface area (Å²) >= 11 is 0. The summed E-state index contributed by atoms with van der Waals surface area (Å²) in [5.74, 6) is -0.150. The van der Waals surface area contributed by atoms with Crippen molar-refractivity contribution in [2.45, 2.75) is 26.1 Å². The van der Waals surface area contributed by atoms with Crippen molar-refractivity contribution in [3.05, 3.63) is 29.8 Å². The number of hydrogen-bond acceptors (Lipinski definition) is 1. The van der Waals surface area contributed by atoms with Crippen molar-refractivity contribution in [1.82, 2.24) is 0 Å². The summed E-state index contributed by atoms with van der Waals surface area (Å²) in [6.07, 6.45) is -2.95. The zero-order valence-electron chi connectivity index (χ0n) is 7.77. The fourth-order valence-electron chi connectivity index (χ4n) is 1.19. The van der Waals surface area contributed by atoms with Crippen LogP contribution >= 0.6 is 0 Å². The van der Waals surface area contributed by atoms with Crippen LogP contribution in [0.1, 0.15) is 18.9 Å². The summed E-state index contributed by atoms with van der Waals surface area (Å²) in [4.78, 5) is 0. The third kappa shape index (κ3) is 3.68. The summed E-state index contributed by atoms with van der Waals surface area (Å²) in [5, 5.41) is 0. The second kappa shape index (κ2) is 4.35. The molecule has 0 aliphatic rings. The van der Waals surface area contributed by atoms with Crippen molar-refractivity contribution in [3.63, 3.8) is 0 Å². The second-order valence-corrected chi connectivity index (χ2v) is 2.95. The van der Waals surface area contributed by atoms with E-state index in [1.165, 1.54) is 12.1 Å². The predicted octanol–water partition coefficient (Wildman–Crippen LogP) is 3.54. The molecular formula is C10H11F3O. The van der Waals surface area contributed by atoms with Crippen molar-refractivity contribution in [2.24, 2.45) is 0 Å². The normalized spacial score (nSPS) is 11.4. The van der Waals surface area contributed by atoms with Crippen LogP contribution in [0.5, 0.6) is 5.75 Å². The Balaban J connectivity index is 2.73. The Morgan fingerprint density at radius 2 is 2.00 bits per heavy atom. The van der Waals surface area contributed by atoms with Gasteiger partial charge in [-0.2, -0.15) is 0 Å². The maximum Gasteiger partial charge on any atom is 0.573 e. The van der Waals surface area contributed by atoms with Gasteiger partial charge in [0.2, 0.25) is 0 Å². The van der Waals surface area contributed by atoms with Crippen molar-refractivity contribution in [2.75, 3.05) is 0 Å². The SMILES string of the molecule is CCCc1cccc(OC(F)(F)F)c1. The Hall–Kier alpha value is -1.19. The maximum absolute atomic E-state index is 11.8. The van der Waals surface area contributed by atoms with Crippen LogP contribution in [0.2, 0.25) is 0 Å². The summed E-state index contributed by atoms with van der Waals surface area (Å²) in [7, 11) is 0. The third-order valence-electron chi connectivity index (χ3n) is 1.67. The Morgan fingerprint density at radius 3 is 2.57 bits per heavy atom. The first kappa shape index (κ1) is 10.9. The van der Waals surface area contributed by atoms with E-state index >= 15 is 0 Å². The van der Waals surface area contributed by atoms with Crippen molar-refractivity contribution in [1.29, 1.82) is 0 Å². The van der Waals surface area contributed by atoms with Gasteiger partial charge in [0, 0.05) is 0 Å². The van der Waals surface area contributed by atoms with Crippen LogP contribution in [0.4, 0.5) is 13.2 Å². The first-order valence-electron chi connectivity index (χ1n) is 4.36. The molecule has 1 nitrogen and oxygen atoms in total. The lowest BCUT2D eigenvalue weighted by Crippen LogP contribution is -2.17. The van der Waals surface area contributed by atoms with Crippen LogP contribution in [0.3, 0.4) is 0 Å². The van der Waals surface area contributed by atoms with Gasteiger partial charge in [0.15, 0.2) is 0 Å². The topological polar surface area (TPSA) is 9.23 Å². The molecule has 0 fully saturated rings. The van der Waals surface area contributed by atoms with Gasteiger partial charge < -0.3 is 4.74 Å². The number of halogens is 3. The van der Waals surface area contributed by atoms with Gasteiger partial charge in [-0.3, -0.25) is 0 Å². The van der Waals surface area contributed by atoms with Crippen molar-refractivity contribution >= 4 is 0 Å². The second-order valence-electron chi connectivity index (χ2n) is 2.95. The van der Waals surface area contributed by atoms with E-state index in [9.17, 15) is 13.2 Å². The van der Waals surface area contributed by atoms with E-state index in [2.05, 4.69) is 4.74 Å². The van der Waals surface area contributed by atoms with Gasteiger partial charge in [-0.25, -0.2) is 0 Å². The number of aryl methyl sites for hydroxylation is 1. The van der Waals surface area contributed by atoms with Crippen LogP contribution in [0.15, 0.2) is 24.3 Å². The average molecular weight is 204 g/mol. The van der Waals surface area contributed by atoms with Crippen LogP contribution in [-0.4, -0.2) is 6.36 Å². The van der Waals surface area contributed by atoms with Gasteiger partial charge in [-0.1, -0.05) is 25.5 Å². The van der Waals surface area contributed by atoms with Gasteiger partial charge in [0.25, 0.3) is 0 Å². The highest BCUT2D eigenvalue weighted by atomic mass is 19.4. The van der Waals surface area contributed by atoms with E-state index in [0.29, 0.717) is 0 Å². The zero-order valence-corrected chi connectivity index (χ0v) is 7.77. The van der Waals surface area contributed by atoms with Crippen LogP contribution in [0, 0.1) is 0 Å². The lowest BCUT2D eigenvalue weighted by Gasteiger charge is -2.09. The zero-order chi connectivity index (χ0) is 10.6. The molecule has 0 amide bonds. The lowest BCUT2D eigenvalue weighted by molar-refractivity contribution is -0.274. The molecule has 0 aromatic heterocycles. The van der Waals surface area contributed by atoms with Gasteiger partial charge in [-0.15, -0.1) is 13.2 Å². The van der Waals surface area contributed by atoms with E-state index < -0.39 is 6.36 Å². The summed E-state index contributed by atoms with van der Waals surface area (Å²) in [6.45, 7) is 1.97. The molecule has 0 heterocycles. The van der Waals surface area contributed by atoms with E-state index in [-0.39, 0.29) is 5.75 Å². The van der Waals surface area contributed by atoms with E-state index in [1.54, 1.807) is 12.1 Å². The van der Waals surface area contributed by atoms with Gasteiger partial charge in [0.1, 0.15) is 5.75 Å². The standard InChI is InChI=1S/C10H11F3O/c1-2-4-8-5-3-6-9(7-8)14-10(11,12)13/h3,5-7H,2,4H2,1H3. The van der Waals surface area contributed by atoms with Gasteiger partial charge in [-0.05, 0) is 24.1 Å². The molecule has 78 valence electrons. The van der Waals surface area contributed by atoms with Crippen LogP contribution in [0.25, 0.3) is 0 Å². The fraction of sp³-hybridized carbons (Fsp3) is 0.400. The number of hydrogen-bond donors (Lipinski definition) is 0. The largest absolute Gasteiger partial charge is 0.573 e. The molecule has 1 aromatic carbocycles. The summed E-state index contributed by atoms with van der Waals surface area (Å²) in [6, 6.07) is 6.06. The maximum atomic E-state index is 11.8. The lowest BCUT2D eigenvalue weighted by atomic mass is 10.1. The molecule has 14 heavy (non-hydrogen) atoms. The molecule has 0 atom stereocenters. The van der Waals surface area contributed by atoms with Gasteiger partial charge in [0.05, 0.1) is 0 Å². The monoisotopic (exact) mass is 204 g/mol. The molecule has 1 rings (SSSR count). The molecule has 0 bridgehead atoms. The molecule has 0 aliphatic heterocycles. The smallest absolute Gasteiger partial charge is 0.406 e. The molecule has 0 saturated heterocycles. The molecule has 4 heteroatoms. The Bertz CT molecular complexity index is 294. The van der Waals surface area contributed by atoms with E-state index in [0.717, 1.165) is 18.4 Å². The number of benzene rings is 1. The molecule has 0 saturated carbocycles. The highest BCUT2D eigenvalue weighted by Gasteiger charge is 2.30. The number of rotatable bonds is 3. The third-order valence-corrected chi connectivity index (χ3v) is 1.67. The molecule has 0 spiro atoms. The highest BCUT2D eigenvalue weighted by Crippen LogP contribution is 2.23. The Kier molecular flexibility index (Phi) is 3.38. The molecule has 0 radical (unpaired) electrons. The highest BCUT2D eigenvalue weighted by molar-refractivity contribution is 5.28.